The molecule has 2 aromatic rings. The maximum absolute atomic E-state index is 5.44. The summed E-state index contributed by atoms with van der Waals surface area (Å²) in [6, 6.07) is 2.48. The summed E-state index contributed by atoms with van der Waals surface area (Å²) in [5.41, 5.74) is 6.79. The number of thiophene rings is 1. The Labute approximate surface area is 96.3 Å². The Morgan fingerprint density at radius 1 is 1.60 bits per heavy atom. The molecular weight excluding hydrogens is 228 g/mol. The number of nitrogen functional groups attached to an aromatic ring is 1. The van der Waals surface area contributed by atoms with E-state index in [1.807, 2.05) is 0 Å². The number of rotatable bonds is 4. The topological polar surface area (TPSA) is 63.8 Å². The molecule has 0 bridgehead atoms. The van der Waals surface area contributed by atoms with Crippen LogP contribution in [-0.4, -0.2) is 15.4 Å². The molecule has 0 saturated heterocycles. The largest absolute Gasteiger partial charge is 0.367 e. The molecule has 0 radical (unpaired) electrons. The van der Waals surface area contributed by atoms with Gasteiger partial charge in [0, 0.05) is 17.6 Å². The van der Waals surface area contributed by atoms with E-state index in [4.69, 9.17) is 5.73 Å². The molecule has 6 heteroatoms. The maximum Gasteiger partial charge on any atom is 0.233 e. The molecule has 0 aliphatic rings. The number of nitrogens with one attached hydrogen (secondary N) is 1. The zero-order chi connectivity index (χ0) is 10.7. The first-order valence-corrected chi connectivity index (χ1v) is 6.32. The van der Waals surface area contributed by atoms with Crippen molar-refractivity contribution in [2.75, 3.05) is 11.1 Å². The van der Waals surface area contributed by atoms with Gasteiger partial charge in [0.25, 0.3) is 0 Å². The molecule has 0 amide bonds. The van der Waals surface area contributed by atoms with E-state index in [0.717, 1.165) is 11.6 Å². The highest BCUT2D eigenvalue weighted by atomic mass is 32.1. The number of hydrogen-bond donors (Lipinski definition) is 2. The van der Waals surface area contributed by atoms with Crippen LogP contribution in [0.15, 0.2) is 16.8 Å². The van der Waals surface area contributed by atoms with Crippen LogP contribution in [0.3, 0.4) is 0 Å². The summed E-state index contributed by atoms with van der Waals surface area (Å²) in [6.45, 7) is 2.12. The third-order valence-corrected chi connectivity index (χ3v) is 3.33. The molecule has 0 aliphatic heterocycles. The van der Waals surface area contributed by atoms with Crippen molar-refractivity contribution in [2.45, 2.75) is 19.4 Å². The average molecular weight is 240 g/mol. The maximum atomic E-state index is 5.44. The quantitative estimate of drug-likeness (QED) is 0.860. The molecule has 3 N–H and O–H groups in total. The van der Waals surface area contributed by atoms with Gasteiger partial charge in [-0.15, -0.1) is 0 Å². The minimum atomic E-state index is 0.338. The molecule has 0 spiro atoms. The van der Waals surface area contributed by atoms with E-state index in [9.17, 15) is 0 Å². The molecule has 0 aliphatic carbocycles. The van der Waals surface area contributed by atoms with Gasteiger partial charge in [-0.05, 0) is 35.7 Å². The monoisotopic (exact) mass is 240 g/mol. The highest BCUT2D eigenvalue weighted by Crippen LogP contribution is 2.15. The minimum absolute atomic E-state index is 0.338. The van der Waals surface area contributed by atoms with Gasteiger partial charge in [-0.1, -0.05) is 0 Å². The summed E-state index contributed by atoms with van der Waals surface area (Å²) in [4.78, 5) is 4.06. The summed E-state index contributed by atoms with van der Waals surface area (Å²) in [7, 11) is 0. The molecule has 1 atom stereocenters. The highest BCUT2D eigenvalue weighted by Gasteiger charge is 2.06. The second-order valence-corrected chi connectivity index (χ2v) is 4.87. The number of aromatic nitrogens is 2. The molecule has 1 unspecified atom stereocenters. The van der Waals surface area contributed by atoms with Gasteiger partial charge in [0.15, 0.2) is 0 Å². The van der Waals surface area contributed by atoms with E-state index in [1.54, 1.807) is 11.3 Å². The van der Waals surface area contributed by atoms with Crippen molar-refractivity contribution in [3.63, 3.8) is 0 Å². The second-order valence-electron chi connectivity index (χ2n) is 3.34. The van der Waals surface area contributed by atoms with E-state index < -0.39 is 0 Å². The van der Waals surface area contributed by atoms with Gasteiger partial charge in [-0.3, -0.25) is 0 Å². The van der Waals surface area contributed by atoms with Gasteiger partial charge in [0.05, 0.1) is 0 Å². The fourth-order valence-electron chi connectivity index (χ4n) is 1.32. The minimum Gasteiger partial charge on any atom is -0.367 e. The first-order chi connectivity index (χ1) is 7.24. The number of nitrogens with zero attached hydrogens (tertiary/aromatic N) is 2. The Morgan fingerprint density at radius 3 is 3.07 bits per heavy atom. The predicted molar refractivity (Wildman–Crippen MR) is 65.4 cm³/mol. The first kappa shape index (κ1) is 10.4. The van der Waals surface area contributed by atoms with Crippen molar-refractivity contribution >= 4 is 33.9 Å². The van der Waals surface area contributed by atoms with Crippen LogP contribution < -0.4 is 11.1 Å². The van der Waals surface area contributed by atoms with Gasteiger partial charge >= 0.3 is 0 Å². The Balaban J connectivity index is 1.90. The Hall–Kier alpha value is -1.14. The smallest absolute Gasteiger partial charge is 0.233 e. The fourth-order valence-corrected chi connectivity index (χ4v) is 2.61. The van der Waals surface area contributed by atoms with Crippen molar-refractivity contribution in [3.05, 3.63) is 22.4 Å². The Bertz CT molecular complexity index is 409. The van der Waals surface area contributed by atoms with Gasteiger partial charge in [-0.25, -0.2) is 0 Å². The normalized spacial score (nSPS) is 12.6. The van der Waals surface area contributed by atoms with Crippen molar-refractivity contribution in [1.29, 1.82) is 0 Å². The van der Waals surface area contributed by atoms with Crippen LogP contribution in [0, 0.1) is 0 Å². The zero-order valence-electron chi connectivity index (χ0n) is 8.30. The van der Waals surface area contributed by atoms with Crippen LogP contribution in [-0.2, 0) is 6.42 Å². The van der Waals surface area contributed by atoms with E-state index in [1.165, 1.54) is 17.1 Å². The molecule has 15 heavy (non-hydrogen) atoms. The summed E-state index contributed by atoms with van der Waals surface area (Å²) >= 11 is 3.01. The van der Waals surface area contributed by atoms with Gasteiger partial charge in [0.2, 0.25) is 11.1 Å². The number of nitrogens with two attached hydrogens (primary N) is 1. The number of anilines is 2. The van der Waals surface area contributed by atoms with Crippen LogP contribution in [0.25, 0.3) is 0 Å². The van der Waals surface area contributed by atoms with Gasteiger partial charge in [-0.2, -0.15) is 20.7 Å². The lowest BCUT2D eigenvalue weighted by molar-refractivity contribution is 0.791. The van der Waals surface area contributed by atoms with Crippen molar-refractivity contribution in [3.8, 4) is 0 Å². The molecule has 4 nitrogen and oxygen atoms in total. The third-order valence-electron chi connectivity index (χ3n) is 1.93. The average Bonchev–Trinajstić information content (AvgIpc) is 2.77. The van der Waals surface area contributed by atoms with Gasteiger partial charge in [0.1, 0.15) is 0 Å². The van der Waals surface area contributed by atoms with Crippen molar-refractivity contribution in [2.24, 2.45) is 0 Å². The number of hydrogen-bond acceptors (Lipinski definition) is 6. The molecule has 2 heterocycles. The molecule has 2 rings (SSSR count). The van der Waals surface area contributed by atoms with Crippen LogP contribution in [0.5, 0.6) is 0 Å². The summed E-state index contributed by atoms with van der Waals surface area (Å²) in [5, 5.41) is 8.31. The van der Waals surface area contributed by atoms with Crippen LogP contribution in [0.1, 0.15) is 12.5 Å². The lowest BCUT2D eigenvalue weighted by atomic mass is 10.1. The standard InChI is InChI=1S/C9H12N4S2/c1-6(4-7-2-3-14-5-7)11-9-12-8(10)13-15-9/h2-3,5-6H,4H2,1H3,(H3,10,11,12,13). The molecule has 80 valence electrons. The fraction of sp³-hybridized carbons (Fsp3) is 0.333. The molecule has 2 aromatic heterocycles. The molecule has 0 fully saturated rings. The highest BCUT2D eigenvalue weighted by molar-refractivity contribution is 7.09. The van der Waals surface area contributed by atoms with Gasteiger partial charge < -0.3 is 11.1 Å². The summed E-state index contributed by atoms with van der Waals surface area (Å²) < 4.78 is 3.91. The Kier molecular flexibility index (Phi) is 3.17. The summed E-state index contributed by atoms with van der Waals surface area (Å²) in [6.07, 6.45) is 0.989. The van der Waals surface area contributed by atoms with E-state index in [2.05, 4.69) is 38.4 Å². The van der Waals surface area contributed by atoms with E-state index >= 15 is 0 Å². The SMILES string of the molecule is CC(Cc1ccsc1)Nc1nc(N)ns1. The first-order valence-electron chi connectivity index (χ1n) is 4.61. The lowest BCUT2D eigenvalue weighted by Crippen LogP contribution is -2.17. The van der Waals surface area contributed by atoms with Crippen molar-refractivity contribution in [1.82, 2.24) is 9.36 Å². The van der Waals surface area contributed by atoms with E-state index in [-0.39, 0.29) is 0 Å². The summed E-state index contributed by atoms with van der Waals surface area (Å²) in [5.74, 6) is 0.338. The lowest BCUT2D eigenvalue weighted by Gasteiger charge is -2.10. The Morgan fingerprint density at radius 2 is 2.47 bits per heavy atom. The van der Waals surface area contributed by atoms with Crippen molar-refractivity contribution < 1.29 is 0 Å². The molecular formula is C9H12N4S2. The molecule has 0 saturated carbocycles. The molecule has 0 aromatic carbocycles. The van der Waals surface area contributed by atoms with E-state index in [0.29, 0.717) is 12.0 Å². The van der Waals surface area contributed by atoms with Crippen LogP contribution in [0.4, 0.5) is 11.1 Å². The van der Waals surface area contributed by atoms with Crippen LogP contribution >= 0.6 is 22.9 Å². The zero-order valence-corrected chi connectivity index (χ0v) is 9.94. The van der Waals surface area contributed by atoms with Crippen LogP contribution in [0.2, 0.25) is 0 Å². The third kappa shape index (κ3) is 2.90. The predicted octanol–water partition coefficient (Wildman–Crippen LogP) is 2.22. The second kappa shape index (κ2) is 4.59.